The van der Waals surface area contributed by atoms with Crippen LogP contribution in [0.4, 0.5) is 0 Å². The lowest BCUT2D eigenvalue weighted by Crippen LogP contribution is -2.51. The Hall–Kier alpha value is -2.20. The van der Waals surface area contributed by atoms with Crippen LogP contribution in [0, 0.1) is 9.49 Å². The summed E-state index contributed by atoms with van der Waals surface area (Å²) >= 11 is 2.34. The van der Waals surface area contributed by atoms with E-state index in [2.05, 4.69) is 79.0 Å². The summed E-state index contributed by atoms with van der Waals surface area (Å²) in [5, 5.41) is 11.1. The minimum absolute atomic E-state index is 0.0397. The number of ether oxygens (including phenoxy) is 2. The summed E-state index contributed by atoms with van der Waals surface area (Å²) in [4.78, 5) is 15.5. The van der Waals surface area contributed by atoms with Crippen molar-refractivity contribution in [2.45, 2.75) is 63.6 Å². The highest BCUT2D eigenvalue weighted by Crippen LogP contribution is 2.46. The van der Waals surface area contributed by atoms with Gasteiger partial charge in [0.1, 0.15) is 5.75 Å². The number of hydrogen-bond acceptors (Lipinski definition) is 4. The molecule has 0 bridgehead atoms. The molecule has 1 saturated heterocycles. The van der Waals surface area contributed by atoms with Gasteiger partial charge in [0, 0.05) is 16.7 Å². The molecule has 1 aliphatic rings. The molecule has 1 fully saturated rings. The van der Waals surface area contributed by atoms with Gasteiger partial charge >= 0.3 is 0 Å². The van der Waals surface area contributed by atoms with Gasteiger partial charge in [0.05, 0.1) is 40.4 Å². The third kappa shape index (κ3) is 7.54. The second-order valence-electron chi connectivity index (χ2n) is 11.4. The Morgan fingerprint density at radius 2 is 1.65 bits per heavy atom. The van der Waals surface area contributed by atoms with Crippen LogP contribution in [0.2, 0.25) is 18.6 Å². The molecule has 4 atom stereocenters. The Bertz CT molecular complexity index is 1220. The van der Waals surface area contributed by atoms with E-state index in [1.165, 1.54) is 14.3 Å². The van der Waals surface area contributed by atoms with Gasteiger partial charge in [0.15, 0.2) is 0 Å². The fourth-order valence-corrected chi connectivity index (χ4v) is 10.7. The zero-order valence-corrected chi connectivity index (χ0v) is 27.2. The fourth-order valence-electron chi connectivity index (χ4n) is 6.32. The van der Waals surface area contributed by atoms with Crippen molar-refractivity contribution in [3.63, 3.8) is 0 Å². The van der Waals surface area contributed by atoms with Crippen LogP contribution in [-0.4, -0.2) is 56.5 Å². The summed E-state index contributed by atoms with van der Waals surface area (Å²) in [6.07, 6.45) is 2.14. The zero-order valence-electron chi connectivity index (χ0n) is 24.1. The van der Waals surface area contributed by atoms with Gasteiger partial charge in [-0.3, -0.25) is 4.79 Å². The molecule has 40 heavy (non-hydrogen) atoms. The second-order valence-corrected chi connectivity index (χ2v) is 17.4. The normalized spacial score (nSPS) is 20.9. The first-order valence-corrected chi connectivity index (χ1v) is 18.4. The average molecular weight is 672 g/mol. The quantitative estimate of drug-likeness (QED) is 0.189. The summed E-state index contributed by atoms with van der Waals surface area (Å²) in [5.74, 6) is 1.22. The lowest BCUT2D eigenvalue weighted by molar-refractivity contribution is -0.135. The smallest absolute Gasteiger partial charge is 0.225 e. The largest absolute Gasteiger partial charge is 0.497 e. The lowest BCUT2D eigenvalue weighted by atomic mass is 9.95. The van der Waals surface area contributed by atoms with Crippen LogP contribution in [0.25, 0.3) is 0 Å². The summed E-state index contributed by atoms with van der Waals surface area (Å²) in [7, 11) is -0.369. The van der Waals surface area contributed by atoms with Crippen LogP contribution in [-0.2, 0) is 22.5 Å². The van der Waals surface area contributed by atoms with E-state index in [4.69, 9.17) is 9.47 Å². The van der Waals surface area contributed by atoms with Gasteiger partial charge in [-0.05, 0) is 82.3 Å². The lowest BCUT2D eigenvalue weighted by Gasteiger charge is -2.36. The van der Waals surface area contributed by atoms with Gasteiger partial charge in [0.25, 0.3) is 0 Å². The molecule has 1 heterocycles. The monoisotopic (exact) mass is 671 g/mol. The van der Waals surface area contributed by atoms with E-state index in [-0.39, 0.29) is 30.3 Å². The molecule has 0 unspecified atom stereocenters. The predicted molar refractivity (Wildman–Crippen MR) is 173 cm³/mol. The van der Waals surface area contributed by atoms with Crippen molar-refractivity contribution >= 4 is 41.8 Å². The molecule has 3 aromatic carbocycles. The first-order chi connectivity index (χ1) is 19.2. The van der Waals surface area contributed by atoms with Gasteiger partial charge in [-0.1, -0.05) is 79.8 Å². The first kappa shape index (κ1) is 30.7. The van der Waals surface area contributed by atoms with E-state index in [9.17, 15) is 9.90 Å². The highest BCUT2D eigenvalue weighted by molar-refractivity contribution is 14.1. The Morgan fingerprint density at radius 3 is 2.27 bits per heavy atom. The molecule has 1 amide bonds. The minimum Gasteiger partial charge on any atom is -0.497 e. The van der Waals surface area contributed by atoms with E-state index in [0.29, 0.717) is 25.4 Å². The van der Waals surface area contributed by atoms with Crippen LogP contribution in [0.3, 0.4) is 0 Å². The van der Waals surface area contributed by atoms with E-state index in [0.717, 1.165) is 24.2 Å². The van der Waals surface area contributed by atoms with E-state index >= 15 is 0 Å². The minimum atomic E-state index is -2.06. The van der Waals surface area contributed by atoms with E-state index in [1.54, 1.807) is 12.0 Å². The Morgan fingerprint density at radius 1 is 0.975 bits per heavy atom. The molecule has 5 nitrogen and oxygen atoms in total. The number of hydrogen-bond donors (Lipinski definition) is 1. The zero-order chi connectivity index (χ0) is 28.7. The molecule has 0 aliphatic carbocycles. The van der Waals surface area contributed by atoms with Crippen molar-refractivity contribution in [2.24, 2.45) is 5.92 Å². The number of aryl methyl sites for hydroxylation is 1. The van der Waals surface area contributed by atoms with Gasteiger partial charge in [-0.15, -0.1) is 0 Å². The van der Waals surface area contributed by atoms with E-state index < -0.39 is 8.07 Å². The molecule has 1 aliphatic heterocycles. The standard InChI is InChI=1S/C33H42INO4Si/c1-24-30(19-12-25-10-13-27(34)14-11-25)39-31(33(24)40(3,4)29-17-15-28(38-2)16-18-29)22-32(37)35(20-21-36)23-26-8-6-5-7-9-26/h5-11,13-18,24,30-31,33,36H,12,19-23H2,1-4H3/t24-,30+,31-,33+/m1/s1. The average Bonchev–Trinajstić information content (AvgIpc) is 3.28. The number of carbonyl (C=O) groups excluding carboxylic acids is 1. The number of aliphatic hydroxyl groups excluding tert-OH is 1. The molecule has 0 radical (unpaired) electrons. The van der Waals surface area contributed by atoms with Gasteiger partial charge in [-0.25, -0.2) is 0 Å². The molecular weight excluding hydrogens is 629 g/mol. The molecule has 7 heteroatoms. The summed E-state index contributed by atoms with van der Waals surface area (Å²) in [5.41, 5.74) is 2.65. The van der Waals surface area contributed by atoms with Crippen molar-refractivity contribution in [3.8, 4) is 5.75 Å². The number of benzene rings is 3. The highest BCUT2D eigenvalue weighted by Gasteiger charge is 2.51. The third-order valence-corrected chi connectivity index (χ3v) is 13.6. The van der Waals surface area contributed by atoms with Gasteiger partial charge in [0.2, 0.25) is 5.91 Å². The van der Waals surface area contributed by atoms with Crippen molar-refractivity contribution in [2.75, 3.05) is 20.3 Å². The number of nitrogens with zero attached hydrogens (tertiary/aromatic N) is 1. The predicted octanol–water partition coefficient (Wildman–Crippen LogP) is 6.03. The second kappa shape index (κ2) is 14.1. The number of halogens is 1. The summed E-state index contributed by atoms with van der Waals surface area (Å²) in [6, 6.07) is 27.2. The van der Waals surface area contributed by atoms with Crippen molar-refractivity contribution in [1.29, 1.82) is 0 Å². The first-order valence-electron chi connectivity index (χ1n) is 14.2. The van der Waals surface area contributed by atoms with Crippen LogP contribution < -0.4 is 9.92 Å². The van der Waals surface area contributed by atoms with Gasteiger partial charge in [-0.2, -0.15) is 0 Å². The Labute approximate surface area is 254 Å². The number of amides is 1. The Balaban J connectivity index is 1.57. The number of aliphatic hydroxyl groups is 1. The van der Waals surface area contributed by atoms with Crippen LogP contribution in [0.5, 0.6) is 5.75 Å². The molecular formula is C33H42INO4Si. The van der Waals surface area contributed by atoms with Crippen LogP contribution in [0.1, 0.15) is 30.9 Å². The molecule has 3 aromatic rings. The topological polar surface area (TPSA) is 59.0 Å². The molecule has 0 spiro atoms. The van der Waals surface area contributed by atoms with Crippen molar-refractivity contribution < 1.29 is 19.4 Å². The molecule has 4 rings (SSSR count). The fraction of sp³-hybridized carbons (Fsp3) is 0.424. The molecule has 214 valence electrons. The molecule has 1 N–H and O–H groups in total. The number of carbonyl (C=O) groups is 1. The van der Waals surface area contributed by atoms with Crippen molar-refractivity contribution in [1.82, 2.24) is 4.90 Å². The maximum atomic E-state index is 13.7. The van der Waals surface area contributed by atoms with E-state index in [1.807, 2.05) is 42.5 Å². The SMILES string of the molecule is COc1ccc([Si](C)(C)[C@H]2[C@H](C)[C@H](CCc3ccc(I)cc3)O[C@@H]2CC(=O)N(CCO)Cc2ccccc2)cc1. The van der Waals surface area contributed by atoms with Crippen molar-refractivity contribution in [3.05, 3.63) is 93.6 Å². The summed E-state index contributed by atoms with van der Waals surface area (Å²) < 4.78 is 13.5. The highest BCUT2D eigenvalue weighted by atomic mass is 127. The molecule has 0 aromatic heterocycles. The maximum absolute atomic E-state index is 13.7. The van der Waals surface area contributed by atoms with Crippen LogP contribution in [0.15, 0.2) is 78.9 Å². The summed E-state index contributed by atoms with van der Waals surface area (Å²) in [6.45, 7) is 7.89. The third-order valence-electron chi connectivity index (χ3n) is 8.52. The number of methoxy groups -OCH3 is 1. The number of rotatable bonds is 12. The van der Waals surface area contributed by atoms with Gasteiger partial charge < -0.3 is 19.5 Å². The maximum Gasteiger partial charge on any atom is 0.225 e. The molecule has 0 saturated carbocycles. The van der Waals surface area contributed by atoms with Crippen LogP contribution >= 0.6 is 22.6 Å². The Kier molecular flexibility index (Phi) is 10.9.